The summed E-state index contributed by atoms with van der Waals surface area (Å²) in [6.45, 7) is 2.29. The summed E-state index contributed by atoms with van der Waals surface area (Å²) >= 11 is 0. The molecular formula is C11H16N6O. The van der Waals surface area contributed by atoms with Crippen molar-refractivity contribution < 1.29 is 4.52 Å². The molecule has 96 valence electrons. The van der Waals surface area contributed by atoms with Crippen molar-refractivity contribution in [3.8, 4) is 0 Å². The van der Waals surface area contributed by atoms with E-state index in [4.69, 9.17) is 4.52 Å². The van der Waals surface area contributed by atoms with Gasteiger partial charge in [0.1, 0.15) is 0 Å². The van der Waals surface area contributed by atoms with Crippen LogP contribution < -0.4 is 9.80 Å². The molecule has 0 spiro atoms. The first-order valence-electron chi connectivity index (χ1n) is 5.56. The van der Waals surface area contributed by atoms with Crippen molar-refractivity contribution in [2.75, 3.05) is 30.9 Å². The van der Waals surface area contributed by atoms with E-state index in [-0.39, 0.29) is 0 Å². The molecule has 0 aliphatic heterocycles. The van der Waals surface area contributed by atoms with E-state index in [9.17, 15) is 0 Å². The Bertz CT molecular complexity index is 524. The molecule has 2 rings (SSSR count). The largest absolute Gasteiger partial charge is 0.360 e. The van der Waals surface area contributed by atoms with Crippen LogP contribution in [0.25, 0.3) is 0 Å². The Labute approximate surface area is 105 Å². The highest BCUT2D eigenvalue weighted by atomic mass is 16.5. The number of aromatic nitrogens is 4. The van der Waals surface area contributed by atoms with Crippen molar-refractivity contribution in [2.24, 2.45) is 0 Å². The summed E-state index contributed by atoms with van der Waals surface area (Å²) in [5.41, 5.74) is 0. The molecule has 0 saturated carbocycles. The monoisotopic (exact) mass is 248 g/mol. The molecule has 7 nitrogen and oxygen atoms in total. The van der Waals surface area contributed by atoms with Crippen LogP contribution in [-0.4, -0.2) is 41.3 Å². The minimum Gasteiger partial charge on any atom is -0.360 e. The number of nitrogens with zero attached hydrogens (tertiary/aromatic N) is 6. The molecule has 0 unspecified atom stereocenters. The van der Waals surface area contributed by atoms with E-state index in [2.05, 4.69) is 20.1 Å². The first kappa shape index (κ1) is 12.3. The molecule has 0 amide bonds. The Morgan fingerprint density at radius 1 is 1.11 bits per heavy atom. The summed E-state index contributed by atoms with van der Waals surface area (Å²) in [5.74, 6) is 2.78. The summed E-state index contributed by atoms with van der Waals surface area (Å²) < 4.78 is 4.94. The Hall–Kier alpha value is -2.18. The van der Waals surface area contributed by atoms with Crippen LogP contribution in [0.5, 0.6) is 0 Å². The SMILES string of the molecule is Cc1nc(CN(C)c2nccnc2N(C)C)no1. The molecule has 0 saturated heterocycles. The maximum atomic E-state index is 4.94. The van der Waals surface area contributed by atoms with Gasteiger partial charge in [-0.05, 0) is 0 Å². The van der Waals surface area contributed by atoms with Crippen LogP contribution in [-0.2, 0) is 6.54 Å². The zero-order valence-corrected chi connectivity index (χ0v) is 11.0. The van der Waals surface area contributed by atoms with Crippen LogP contribution in [0.3, 0.4) is 0 Å². The van der Waals surface area contributed by atoms with Gasteiger partial charge in [0.2, 0.25) is 5.89 Å². The number of hydrogen-bond acceptors (Lipinski definition) is 7. The third-order valence-corrected chi connectivity index (χ3v) is 2.39. The Morgan fingerprint density at radius 2 is 1.78 bits per heavy atom. The molecule has 2 aromatic heterocycles. The number of rotatable bonds is 4. The maximum absolute atomic E-state index is 4.94. The van der Waals surface area contributed by atoms with Gasteiger partial charge in [-0.15, -0.1) is 0 Å². The lowest BCUT2D eigenvalue weighted by atomic mass is 10.4. The molecule has 0 aliphatic carbocycles. The lowest BCUT2D eigenvalue weighted by Crippen LogP contribution is -2.23. The fourth-order valence-corrected chi connectivity index (χ4v) is 1.60. The minimum absolute atomic E-state index is 0.525. The maximum Gasteiger partial charge on any atom is 0.223 e. The van der Waals surface area contributed by atoms with Crippen molar-refractivity contribution in [1.29, 1.82) is 0 Å². The summed E-state index contributed by atoms with van der Waals surface area (Å²) in [4.78, 5) is 16.7. The van der Waals surface area contributed by atoms with Gasteiger partial charge in [-0.25, -0.2) is 9.97 Å². The fraction of sp³-hybridized carbons (Fsp3) is 0.455. The highest BCUT2D eigenvalue weighted by Gasteiger charge is 2.14. The zero-order valence-electron chi connectivity index (χ0n) is 11.0. The van der Waals surface area contributed by atoms with E-state index in [0.717, 1.165) is 11.6 Å². The number of hydrogen-bond donors (Lipinski definition) is 0. The molecule has 2 aromatic rings. The third kappa shape index (κ3) is 2.55. The van der Waals surface area contributed by atoms with Crippen molar-refractivity contribution in [2.45, 2.75) is 13.5 Å². The van der Waals surface area contributed by atoms with Gasteiger partial charge in [-0.1, -0.05) is 5.16 Å². The van der Waals surface area contributed by atoms with Gasteiger partial charge in [0.05, 0.1) is 6.54 Å². The van der Waals surface area contributed by atoms with E-state index >= 15 is 0 Å². The first-order valence-corrected chi connectivity index (χ1v) is 5.56. The highest BCUT2D eigenvalue weighted by Crippen LogP contribution is 2.21. The molecule has 0 fully saturated rings. The molecule has 0 radical (unpaired) electrons. The van der Waals surface area contributed by atoms with Crippen LogP contribution in [0.15, 0.2) is 16.9 Å². The smallest absolute Gasteiger partial charge is 0.223 e. The standard InChI is InChI=1S/C11H16N6O/c1-8-14-9(15-18-8)7-17(4)11-10(16(2)3)12-5-6-13-11/h5-6H,7H2,1-4H3. The van der Waals surface area contributed by atoms with E-state index < -0.39 is 0 Å². The molecular weight excluding hydrogens is 232 g/mol. The predicted octanol–water partition coefficient (Wildman–Crippen LogP) is 0.870. The van der Waals surface area contributed by atoms with E-state index in [1.54, 1.807) is 19.3 Å². The quantitative estimate of drug-likeness (QED) is 0.795. The second-order valence-corrected chi connectivity index (χ2v) is 4.18. The van der Waals surface area contributed by atoms with Gasteiger partial charge < -0.3 is 14.3 Å². The molecule has 7 heteroatoms. The van der Waals surface area contributed by atoms with E-state index in [1.807, 2.05) is 30.9 Å². The van der Waals surface area contributed by atoms with Crippen LogP contribution in [0.4, 0.5) is 11.6 Å². The summed E-state index contributed by atoms with van der Waals surface area (Å²) in [5, 5.41) is 3.87. The predicted molar refractivity (Wildman–Crippen MR) is 67.5 cm³/mol. The Morgan fingerprint density at radius 3 is 2.33 bits per heavy atom. The average molecular weight is 248 g/mol. The van der Waals surface area contributed by atoms with Gasteiger partial charge >= 0.3 is 0 Å². The van der Waals surface area contributed by atoms with Crippen LogP contribution in [0, 0.1) is 6.92 Å². The molecule has 0 atom stereocenters. The number of anilines is 2. The molecule has 18 heavy (non-hydrogen) atoms. The fourth-order valence-electron chi connectivity index (χ4n) is 1.60. The van der Waals surface area contributed by atoms with E-state index in [0.29, 0.717) is 18.3 Å². The summed E-state index contributed by atoms with van der Waals surface area (Å²) in [6.07, 6.45) is 3.34. The van der Waals surface area contributed by atoms with Crippen molar-refractivity contribution in [3.05, 3.63) is 24.1 Å². The topological polar surface area (TPSA) is 71.2 Å². The minimum atomic E-state index is 0.525. The molecule has 0 N–H and O–H groups in total. The van der Waals surface area contributed by atoms with E-state index in [1.165, 1.54) is 0 Å². The second kappa shape index (κ2) is 4.99. The van der Waals surface area contributed by atoms with Gasteiger partial charge in [-0.2, -0.15) is 4.98 Å². The van der Waals surface area contributed by atoms with Crippen LogP contribution in [0.1, 0.15) is 11.7 Å². The normalized spacial score (nSPS) is 10.4. The molecule has 0 bridgehead atoms. The lowest BCUT2D eigenvalue weighted by molar-refractivity contribution is 0.387. The second-order valence-electron chi connectivity index (χ2n) is 4.18. The highest BCUT2D eigenvalue weighted by molar-refractivity contribution is 5.60. The van der Waals surface area contributed by atoms with Gasteiger partial charge in [-0.3, -0.25) is 0 Å². The van der Waals surface area contributed by atoms with Gasteiger partial charge in [0.15, 0.2) is 17.5 Å². The van der Waals surface area contributed by atoms with Crippen molar-refractivity contribution in [1.82, 2.24) is 20.1 Å². The van der Waals surface area contributed by atoms with Crippen LogP contribution in [0.2, 0.25) is 0 Å². The molecule has 0 aliphatic rings. The number of aryl methyl sites for hydroxylation is 1. The first-order chi connectivity index (χ1) is 8.58. The lowest BCUT2D eigenvalue weighted by Gasteiger charge is -2.21. The van der Waals surface area contributed by atoms with Crippen LogP contribution >= 0.6 is 0 Å². The Balaban J connectivity index is 2.20. The summed E-state index contributed by atoms with van der Waals surface area (Å²) in [6, 6.07) is 0. The summed E-state index contributed by atoms with van der Waals surface area (Å²) in [7, 11) is 5.78. The average Bonchev–Trinajstić information content (AvgIpc) is 2.74. The van der Waals surface area contributed by atoms with Crippen molar-refractivity contribution in [3.63, 3.8) is 0 Å². The van der Waals surface area contributed by atoms with Gasteiger partial charge in [0.25, 0.3) is 0 Å². The Kier molecular flexibility index (Phi) is 3.40. The zero-order chi connectivity index (χ0) is 13.1. The molecule has 2 heterocycles. The van der Waals surface area contributed by atoms with Crippen molar-refractivity contribution >= 4 is 11.6 Å². The third-order valence-electron chi connectivity index (χ3n) is 2.39. The molecule has 0 aromatic carbocycles. The van der Waals surface area contributed by atoms with Gasteiger partial charge in [0, 0.05) is 40.5 Å².